The van der Waals surface area contributed by atoms with E-state index < -0.39 is 22.0 Å². The van der Waals surface area contributed by atoms with E-state index in [1.165, 1.54) is 0 Å². The third kappa shape index (κ3) is 1.35. The van der Waals surface area contributed by atoms with E-state index in [0.29, 0.717) is 0 Å². The molecule has 0 aromatic carbocycles. The van der Waals surface area contributed by atoms with Crippen molar-refractivity contribution in [1.29, 1.82) is 0 Å². The number of rotatable bonds is 1. The van der Waals surface area contributed by atoms with Gasteiger partial charge in [0.15, 0.2) is 0 Å². The number of hydrogen-bond donors (Lipinski definition) is 1. The monoisotopic (exact) mass is 236 g/mol. The fraction of sp³-hybridized carbons (Fsp3) is 0. The molecule has 1 aromatic rings. The molecule has 0 atom stereocenters. The highest BCUT2D eigenvalue weighted by Gasteiger charge is 2.21. The summed E-state index contributed by atoms with van der Waals surface area (Å²) >= 11 is 2.70. The molecule has 0 radical (unpaired) electrons. The van der Waals surface area contributed by atoms with Crippen molar-refractivity contribution in [2.75, 3.05) is 0 Å². The first-order valence-electron chi connectivity index (χ1n) is 2.75. The number of aromatic amines is 1. The zero-order chi connectivity index (χ0) is 9.30. The Bertz CT molecular complexity index is 389. The number of nitrogens with one attached hydrogen (secondary N) is 1. The van der Waals surface area contributed by atoms with Crippen molar-refractivity contribution in [2.24, 2.45) is 0 Å². The highest BCUT2D eigenvalue weighted by Crippen LogP contribution is 2.19. The predicted molar refractivity (Wildman–Crippen MR) is 41.4 cm³/mol. The smallest absolute Gasteiger partial charge is 0.322 e. The van der Waals surface area contributed by atoms with Crippen LogP contribution >= 0.6 is 15.9 Å². The van der Waals surface area contributed by atoms with Crippen molar-refractivity contribution in [3.05, 3.63) is 37.0 Å². The molecule has 1 N–H and O–H groups in total. The summed E-state index contributed by atoms with van der Waals surface area (Å²) in [7, 11) is 0. The zero-order valence-electron chi connectivity index (χ0n) is 5.51. The van der Waals surface area contributed by atoms with Gasteiger partial charge in [-0.25, -0.2) is 0 Å². The van der Waals surface area contributed by atoms with Crippen LogP contribution in [0.5, 0.6) is 0 Å². The average Bonchev–Trinajstić information content (AvgIpc) is 1.97. The van der Waals surface area contributed by atoms with Gasteiger partial charge in [0.1, 0.15) is 0 Å². The molecule has 0 unspecified atom stereocenters. The second-order valence-electron chi connectivity index (χ2n) is 1.89. The Morgan fingerprint density at radius 3 is 2.67 bits per heavy atom. The maximum absolute atomic E-state index is 12.8. The Morgan fingerprint density at radius 2 is 2.25 bits per heavy atom. The van der Waals surface area contributed by atoms with Crippen LogP contribution in [0.4, 0.5) is 10.1 Å². The average molecular weight is 237 g/mol. The number of hydrogen-bond acceptors (Lipinski definition) is 3. The minimum atomic E-state index is -1.16. The number of nitrogens with zero attached hydrogens (tertiary/aromatic N) is 1. The van der Waals surface area contributed by atoms with Crippen LogP contribution in [0.25, 0.3) is 0 Å². The van der Waals surface area contributed by atoms with E-state index in [-0.39, 0.29) is 4.47 Å². The Balaban J connectivity index is 3.54. The second kappa shape index (κ2) is 3.02. The van der Waals surface area contributed by atoms with Crippen LogP contribution in [0.1, 0.15) is 0 Å². The molecule has 64 valence electrons. The first-order chi connectivity index (χ1) is 5.54. The van der Waals surface area contributed by atoms with E-state index in [0.717, 1.165) is 6.20 Å². The van der Waals surface area contributed by atoms with Gasteiger partial charge in [-0.1, -0.05) is 0 Å². The summed E-state index contributed by atoms with van der Waals surface area (Å²) in [6, 6.07) is 0. The van der Waals surface area contributed by atoms with Crippen molar-refractivity contribution >= 4 is 21.6 Å². The van der Waals surface area contributed by atoms with E-state index in [9.17, 15) is 19.3 Å². The van der Waals surface area contributed by atoms with E-state index in [4.69, 9.17) is 0 Å². The lowest BCUT2D eigenvalue weighted by Gasteiger charge is -1.93. The molecule has 0 bridgehead atoms. The molecular weight excluding hydrogens is 235 g/mol. The van der Waals surface area contributed by atoms with E-state index in [2.05, 4.69) is 15.9 Å². The third-order valence-corrected chi connectivity index (χ3v) is 1.72. The lowest BCUT2D eigenvalue weighted by molar-refractivity contribution is -0.389. The standard InChI is InChI=1S/C5H2BrFN2O3/c6-2-1-8-5(10)4(3(2)7)9(11)12/h1H,(H,8,10). The van der Waals surface area contributed by atoms with Crippen LogP contribution in [-0.2, 0) is 0 Å². The normalized spacial score (nSPS) is 9.83. The van der Waals surface area contributed by atoms with Crippen LogP contribution in [0, 0.1) is 15.9 Å². The molecule has 12 heavy (non-hydrogen) atoms. The van der Waals surface area contributed by atoms with Crippen molar-refractivity contribution in [2.45, 2.75) is 0 Å². The number of H-pyrrole nitrogens is 1. The summed E-state index contributed by atoms with van der Waals surface area (Å²) in [5.74, 6) is -1.16. The molecule has 0 aliphatic rings. The number of halogens is 2. The molecular formula is C5H2BrFN2O3. The van der Waals surface area contributed by atoms with E-state index >= 15 is 0 Å². The highest BCUT2D eigenvalue weighted by atomic mass is 79.9. The Hall–Kier alpha value is -1.24. The van der Waals surface area contributed by atoms with Crippen molar-refractivity contribution < 1.29 is 9.31 Å². The highest BCUT2D eigenvalue weighted by molar-refractivity contribution is 9.10. The van der Waals surface area contributed by atoms with Crippen LogP contribution in [0.2, 0.25) is 0 Å². The summed E-state index contributed by atoms with van der Waals surface area (Å²) in [5.41, 5.74) is -2.13. The summed E-state index contributed by atoms with van der Waals surface area (Å²) < 4.78 is 12.7. The Labute approximate surface area is 73.5 Å². The maximum Gasteiger partial charge on any atom is 0.370 e. The van der Waals surface area contributed by atoms with E-state index in [1.54, 1.807) is 0 Å². The van der Waals surface area contributed by atoms with Gasteiger partial charge in [-0.05, 0) is 15.9 Å². The summed E-state index contributed by atoms with van der Waals surface area (Å²) in [6.45, 7) is 0. The van der Waals surface area contributed by atoms with E-state index in [1.807, 2.05) is 4.98 Å². The molecule has 0 aliphatic carbocycles. The van der Waals surface area contributed by atoms with Crippen molar-refractivity contribution in [3.63, 3.8) is 0 Å². The van der Waals surface area contributed by atoms with Gasteiger partial charge in [0, 0.05) is 6.20 Å². The van der Waals surface area contributed by atoms with Gasteiger partial charge >= 0.3 is 11.2 Å². The first kappa shape index (κ1) is 8.85. The fourth-order valence-corrected chi connectivity index (χ4v) is 0.939. The largest absolute Gasteiger partial charge is 0.370 e. The topological polar surface area (TPSA) is 76.0 Å². The lowest BCUT2D eigenvalue weighted by Crippen LogP contribution is -2.13. The molecule has 0 spiro atoms. The molecule has 0 saturated heterocycles. The Morgan fingerprint density at radius 1 is 1.67 bits per heavy atom. The summed E-state index contributed by atoms with van der Waals surface area (Å²) in [4.78, 5) is 21.7. The van der Waals surface area contributed by atoms with Gasteiger partial charge in [-0.15, -0.1) is 0 Å². The Kier molecular flexibility index (Phi) is 2.22. The molecule has 1 rings (SSSR count). The van der Waals surface area contributed by atoms with Gasteiger partial charge in [0.2, 0.25) is 5.82 Å². The van der Waals surface area contributed by atoms with Gasteiger partial charge in [0.05, 0.1) is 9.40 Å². The van der Waals surface area contributed by atoms with Crippen LogP contribution in [-0.4, -0.2) is 9.91 Å². The molecule has 0 amide bonds. The second-order valence-corrected chi connectivity index (χ2v) is 2.74. The summed E-state index contributed by atoms with van der Waals surface area (Å²) in [6.07, 6.45) is 1.00. The first-order valence-corrected chi connectivity index (χ1v) is 3.54. The third-order valence-electron chi connectivity index (χ3n) is 1.15. The SMILES string of the molecule is O=c1[nH]cc(Br)c(F)c1[N+](=O)[O-]. The minimum Gasteiger partial charge on any atom is -0.322 e. The molecule has 0 saturated carbocycles. The van der Waals surface area contributed by atoms with Crippen LogP contribution < -0.4 is 5.56 Å². The van der Waals surface area contributed by atoms with Crippen molar-refractivity contribution in [3.8, 4) is 0 Å². The number of nitro groups is 1. The molecule has 0 aliphatic heterocycles. The predicted octanol–water partition coefficient (Wildman–Crippen LogP) is 1.18. The molecule has 7 heteroatoms. The summed E-state index contributed by atoms with van der Waals surface area (Å²) in [5, 5.41) is 10.1. The van der Waals surface area contributed by atoms with Crippen molar-refractivity contribution in [1.82, 2.24) is 4.98 Å². The zero-order valence-corrected chi connectivity index (χ0v) is 7.09. The minimum absolute atomic E-state index is 0.145. The van der Waals surface area contributed by atoms with Crippen LogP contribution in [0.3, 0.4) is 0 Å². The van der Waals surface area contributed by atoms with Gasteiger partial charge < -0.3 is 4.98 Å². The molecule has 1 aromatic heterocycles. The number of aromatic nitrogens is 1. The molecule has 1 heterocycles. The quantitative estimate of drug-likeness (QED) is 0.588. The van der Waals surface area contributed by atoms with Gasteiger partial charge in [0.25, 0.3) is 0 Å². The fourth-order valence-electron chi connectivity index (χ4n) is 0.636. The van der Waals surface area contributed by atoms with Crippen LogP contribution in [0.15, 0.2) is 15.5 Å². The van der Waals surface area contributed by atoms with Gasteiger partial charge in [-0.3, -0.25) is 14.9 Å². The number of pyridine rings is 1. The molecule has 5 nitrogen and oxygen atoms in total. The molecule has 0 fully saturated rings. The van der Waals surface area contributed by atoms with Gasteiger partial charge in [-0.2, -0.15) is 4.39 Å². The maximum atomic E-state index is 12.8. The lowest BCUT2D eigenvalue weighted by atomic mass is 10.4.